The van der Waals surface area contributed by atoms with Crippen molar-refractivity contribution in [3.63, 3.8) is 0 Å². The van der Waals surface area contributed by atoms with Crippen LogP contribution in [0.3, 0.4) is 0 Å². The van der Waals surface area contributed by atoms with E-state index < -0.39 is 0 Å². The summed E-state index contributed by atoms with van der Waals surface area (Å²) in [6.07, 6.45) is 4.74. The van der Waals surface area contributed by atoms with Crippen LogP contribution in [0.4, 0.5) is 5.13 Å². The van der Waals surface area contributed by atoms with E-state index in [4.69, 9.17) is 0 Å². The SMILES string of the molecule is CCc1nsc(NC2CCC(C)(C)C2)n1. The van der Waals surface area contributed by atoms with Crippen LogP contribution in [-0.4, -0.2) is 15.4 Å². The number of aromatic nitrogens is 2. The van der Waals surface area contributed by atoms with Gasteiger partial charge < -0.3 is 5.32 Å². The summed E-state index contributed by atoms with van der Waals surface area (Å²) in [5, 5.41) is 4.49. The molecule has 2 rings (SSSR count). The van der Waals surface area contributed by atoms with Gasteiger partial charge in [0.05, 0.1) is 0 Å². The van der Waals surface area contributed by atoms with Crippen molar-refractivity contribution in [1.82, 2.24) is 9.36 Å². The van der Waals surface area contributed by atoms with Crippen molar-refractivity contribution in [3.05, 3.63) is 5.82 Å². The first-order valence-corrected chi connectivity index (χ1v) is 6.45. The summed E-state index contributed by atoms with van der Waals surface area (Å²) in [6.45, 7) is 6.77. The molecule has 1 unspecified atom stereocenters. The van der Waals surface area contributed by atoms with E-state index in [-0.39, 0.29) is 0 Å². The minimum Gasteiger partial charge on any atom is -0.358 e. The predicted molar refractivity (Wildman–Crippen MR) is 64.3 cm³/mol. The summed E-state index contributed by atoms with van der Waals surface area (Å²) < 4.78 is 4.28. The second-order valence-electron chi connectivity index (χ2n) is 5.12. The van der Waals surface area contributed by atoms with Gasteiger partial charge in [0.1, 0.15) is 5.82 Å². The Morgan fingerprint density at radius 1 is 1.53 bits per heavy atom. The molecular formula is C11H19N3S. The Hall–Kier alpha value is -0.640. The summed E-state index contributed by atoms with van der Waals surface area (Å²) in [5.41, 5.74) is 0.496. The standard InChI is InChI=1S/C11H19N3S/c1-4-9-13-10(15-14-9)12-8-5-6-11(2,3)7-8/h8H,4-7H2,1-3H3,(H,12,13,14). The summed E-state index contributed by atoms with van der Waals surface area (Å²) >= 11 is 1.49. The van der Waals surface area contributed by atoms with Crippen LogP contribution in [0.5, 0.6) is 0 Å². The molecule has 1 aliphatic rings. The highest BCUT2D eigenvalue weighted by Crippen LogP contribution is 2.38. The summed E-state index contributed by atoms with van der Waals surface area (Å²) in [6, 6.07) is 0.595. The highest BCUT2D eigenvalue weighted by molar-refractivity contribution is 7.09. The van der Waals surface area contributed by atoms with Crippen LogP contribution >= 0.6 is 11.5 Å². The molecule has 1 aromatic heterocycles. The fourth-order valence-electron chi connectivity index (χ4n) is 2.19. The highest BCUT2D eigenvalue weighted by atomic mass is 32.1. The zero-order valence-electron chi connectivity index (χ0n) is 9.71. The number of rotatable bonds is 3. The first kappa shape index (κ1) is 10.9. The normalized spacial score (nSPS) is 24.3. The Bertz CT molecular complexity index is 332. The molecular weight excluding hydrogens is 206 g/mol. The molecule has 1 aromatic rings. The lowest BCUT2D eigenvalue weighted by Gasteiger charge is -2.17. The lowest BCUT2D eigenvalue weighted by atomic mass is 9.92. The van der Waals surface area contributed by atoms with Crippen molar-refractivity contribution in [2.45, 2.75) is 52.5 Å². The van der Waals surface area contributed by atoms with Crippen LogP contribution in [0, 0.1) is 5.41 Å². The molecule has 0 amide bonds. The first-order chi connectivity index (χ1) is 7.09. The van der Waals surface area contributed by atoms with Crippen LogP contribution in [0.1, 0.15) is 45.9 Å². The van der Waals surface area contributed by atoms with Crippen LogP contribution in [0.25, 0.3) is 0 Å². The molecule has 0 spiro atoms. The van der Waals surface area contributed by atoms with E-state index in [1.54, 1.807) is 0 Å². The van der Waals surface area contributed by atoms with Gasteiger partial charge in [0.25, 0.3) is 0 Å². The number of nitrogens with zero attached hydrogens (tertiary/aromatic N) is 2. The van der Waals surface area contributed by atoms with E-state index in [0.29, 0.717) is 11.5 Å². The van der Waals surface area contributed by atoms with Gasteiger partial charge >= 0.3 is 0 Å². The maximum Gasteiger partial charge on any atom is 0.202 e. The molecule has 1 N–H and O–H groups in total. The van der Waals surface area contributed by atoms with Crippen molar-refractivity contribution in [1.29, 1.82) is 0 Å². The number of anilines is 1. The van der Waals surface area contributed by atoms with Gasteiger partial charge in [-0.3, -0.25) is 0 Å². The van der Waals surface area contributed by atoms with Crippen LogP contribution in [-0.2, 0) is 6.42 Å². The molecule has 1 aliphatic carbocycles. The average molecular weight is 225 g/mol. The van der Waals surface area contributed by atoms with E-state index in [9.17, 15) is 0 Å². The molecule has 1 heterocycles. The Kier molecular flexibility index (Phi) is 2.96. The topological polar surface area (TPSA) is 37.8 Å². The zero-order chi connectivity index (χ0) is 10.9. The fourth-order valence-corrected chi connectivity index (χ4v) is 2.92. The van der Waals surface area contributed by atoms with Gasteiger partial charge in [0.2, 0.25) is 5.13 Å². The van der Waals surface area contributed by atoms with Crippen molar-refractivity contribution in [2.24, 2.45) is 5.41 Å². The zero-order valence-corrected chi connectivity index (χ0v) is 10.5. The van der Waals surface area contributed by atoms with Crippen molar-refractivity contribution in [3.8, 4) is 0 Å². The molecule has 0 aliphatic heterocycles. The monoisotopic (exact) mass is 225 g/mol. The predicted octanol–water partition coefficient (Wildman–Crippen LogP) is 3.09. The minimum absolute atomic E-state index is 0.496. The number of hydrogen-bond acceptors (Lipinski definition) is 4. The quantitative estimate of drug-likeness (QED) is 0.859. The van der Waals surface area contributed by atoms with Gasteiger partial charge in [-0.15, -0.1) is 0 Å². The van der Waals surface area contributed by atoms with Crippen LogP contribution in [0.2, 0.25) is 0 Å². The van der Waals surface area contributed by atoms with Gasteiger partial charge in [-0.2, -0.15) is 4.37 Å². The molecule has 0 radical (unpaired) electrons. The molecule has 84 valence electrons. The average Bonchev–Trinajstić information content (AvgIpc) is 2.73. The van der Waals surface area contributed by atoms with Gasteiger partial charge in [-0.1, -0.05) is 20.8 Å². The first-order valence-electron chi connectivity index (χ1n) is 5.68. The molecule has 3 nitrogen and oxygen atoms in total. The van der Waals surface area contributed by atoms with Gasteiger partial charge in [-0.25, -0.2) is 4.98 Å². The van der Waals surface area contributed by atoms with Crippen molar-refractivity contribution >= 4 is 16.7 Å². The summed E-state index contributed by atoms with van der Waals surface area (Å²) in [7, 11) is 0. The molecule has 1 saturated carbocycles. The molecule has 15 heavy (non-hydrogen) atoms. The lowest BCUT2D eigenvalue weighted by molar-refractivity contribution is 0.378. The van der Waals surface area contributed by atoms with E-state index in [2.05, 4.69) is 35.4 Å². The molecule has 1 atom stereocenters. The third kappa shape index (κ3) is 2.68. The fraction of sp³-hybridized carbons (Fsp3) is 0.818. The van der Waals surface area contributed by atoms with Gasteiger partial charge in [0, 0.05) is 24.0 Å². The smallest absolute Gasteiger partial charge is 0.202 e. The maximum absolute atomic E-state index is 4.44. The van der Waals surface area contributed by atoms with Crippen LogP contribution < -0.4 is 5.32 Å². The Morgan fingerprint density at radius 3 is 2.87 bits per heavy atom. The molecule has 1 fully saturated rings. The van der Waals surface area contributed by atoms with E-state index in [0.717, 1.165) is 17.4 Å². The largest absolute Gasteiger partial charge is 0.358 e. The minimum atomic E-state index is 0.496. The Morgan fingerprint density at radius 2 is 2.33 bits per heavy atom. The number of aryl methyl sites for hydroxylation is 1. The van der Waals surface area contributed by atoms with Crippen molar-refractivity contribution < 1.29 is 0 Å². The molecule has 0 bridgehead atoms. The molecule has 0 saturated heterocycles. The second-order valence-corrected chi connectivity index (χ2v) is 5.87. The van der Waals surface area contributed by atoms with Gasteiger partial charge in [0.15, 0.2) is 0 Å². The second kappa shape index (κ2) is 4.08. The lowest BCUT2D eigenvalue weighted by Crippen LogP contribution is -2.17. The molecule has 4 heteroatoms. The van der Waals surface area contributed by atoms with E-state index >= 15 is 0 Å². The number of hydrogen-bond donors (Lipinski definition) is 1. The maximum atomic E-state index is 4.44. The Labute approximate surface area is 95.5 Å². The third-order valence-electron chi connectivity index (χ3n) is 3.08. The summed E-state index contributed by atoms with van der Waals surface area (Å²) in [5.74, 6) is 0.958. The number of nitrogens with one attached hydrogen (secondary N) is 1. The van der Waals surface area contributed by atoms with Crippen LogP contribution in [0.15, 0.2) is 0 Å². The van der Waals surface area contributed by atoms with Gasteiger partial charge in [-0.05, 0) is 24.7 Å². The van der Waals surface area contributed by atoms with E-state index in [1.807, 2.05) is 0 Å². The highest BCUT2D eigenvalue weighted by Gasteiger charge is 2.31. The van der Waals surface area contributed by atoms with E-state index in [1.165, 1.54) is 30.8 Å². The summed E-state index contributed by atoms with van der Waals surface area (Å²) in [4.78, 5) is 4.44. The molecule has 0 aromatic carbocycles. The Balaban J connectivity index is 1.92. The third-order valence-corrected chi connectivity index (χ3v) is 3.76. The van der Waals surface area contributed by atoms with Crippen molar-refractivity contribution in [2.75, 3.05) is 5.32 Å².